The first-order valence-corrected chi connectivity index (χ1v) is 8.89. The summed E-state index contributed by atoms with van der Waals surface area (Å²) in [5.41, 5.74) is 3.11. The Balaban J connectivity index is 1.73. The van der Waals surface area contributed by atoms with Crippen LogP contribution in [0.15, 0.2) is 41.5 Å². The second-order valence-corrected chi connectivity index (χ2v) is 6.31. The fourth-order valence-electron chi connectivity index (χ4n) is 3.21. The van der Waals surface area contributed by atoms with Gasteiger partial charge in [-0.25, -0.2) is 5.43 Å². The van der Waals surface area contributed by atoms with E-state index in [0.29, 0.717) is 18.8 Å². The molecular weight excluding hydrogens is 330 g/mol. The van der Waals surface area contributed by atoms with Crippen LogP contribution >= 0.6 is 0 Å². The van der Waals surface area contributed by atoms with E-state index >= 15 is 0 Å². The molecule has 2 amide bonds. The van der Waals surface area contributed by atoms with Crippen LogP contribution in [0.25, 0.3) is 10.8 Å². The maximum Gasteiger partial charge on any atom is 0.329 e. The summed E-state index contributed by atoms with van der Waals surface area (Å²) in [5.74, 6) is -0.572. The van der Waals surface area contributed by atoms with Crippen LogP contribution in [0.2, 0.25) is 0 Å². The summed E-state index contributed by atoms with van der Waals surface area (Å²) < 4.78 is 5.39. The number of hydrogen-bond donors (Lipinski definition) is 1. The number of methoxy groups -OCH3 is 1. The highest BCUT2D eigenvalue weighted by Crippen LogP contribution is 2.26. The summed E-state index contributed by atoms with van der Waals surface area (Å²) >= 11 is 0. The first-order valence-electron chi connectivity index (χ1n) is 8.89. The Kier molecular flexibility index (Phi) is 5.84. The van der Waals surface area contributed by atoms with Crippen molar-refractivity contribution >= 4 is 28.8 Å². The molecule has 0 saturated carbocycles. The van der Waals surface area contributed by atoms with Gasteiger partial charge in [0.05, 0.1) is 13.3 Å². The monoisotopic (exact) mass is 353 g/mol. The van der Waals surface area contributed by atoms with E-state index in [1.54, 1.807) is 12.0 Å². The van der Waals surface area contributed by atoms with Gasteiger partial charge in [-0.1, -0.05) is 43.2 Å². The first-order chi connectivity index (χ1) is 12.7. The largest absolute Gasteiger partial charge is 0.496 e. The van der Waals surface area contributed by atoms with Crippen molar-refractivity contribution < 1.29 is 14.3 Å². The number of carbonyl (C=O) groups is 2. The van der Waals surface area contributed by atoms with E-state index < -0.39 is 11.8 Å². The summed E-state index contributed by atoms with van der Waals surface area (Å²) in [7, 11) is 1.59. The summed E-state index contributed by atoms with van der Waals surface area (Å²) in [6.45, 7) is 1.26. The first kappa shape index (κ1) is 17.9. The van der Waals surface area contributed by atoms with Crippen molar-refractivity contribution in [1.29, 1.82) is 0 Å². The Hall–Kier alpha value is -2.89. The molecule has 26 heavy (non-hydrogen) atoms. The second-order valence-electron chi connectivity index (χ2n) is 6.31. The molecule has 6 nitrogen and oxygen atoms in total. The molecule has 1 aliphatic heterocycles. The molecule has 2 aromatic rings. The van der Waals surface area contributed by atoms with Crippen LogP contribution in [0, 0.1) is 0 Å². The van der Waals surface area contributed by atoms with Gasteiger partial charge in [0.25, 0.3) is 0 Å². The Morgan fingerprint density at radius 2 is 1.81 bits per heavy atom. The molecule has 0 spiro atoms. The van der Waals surface area contributed by atoms with Crippen molar-refractivity contribution in [2.45, 2.75) is 25.7 Å². The van der Waals surface area contributed by atoms with Gasteiger partial charge in [-0.2, -0.15) is 5.10 Å². The highest BCUT2D eigenvalue weighted by atomic mass is 16.5. The number of hydrazone groups is 1. The predicted octanol–water partition coefficient (Wildman–Crippen LogP) is 2.70. The molecule has 0 radical (unpaired) electrons. The fourth-order valence-corrected chi connectivity index (χ4v) is 3.21. The average molecular weight is 353 g/mol. The highest BCUT2D eigenvalue weighted by molar-refractivity contribution is 6.35. The number of benzene rings is 2. The fraction of sp³-hybridized carbons (Fsp3) is 0.350. The smallest absolute Gasteiger partial charge is 0.329 e. The van der Waals surface area contributed by atoms with E-state index in [1.807, 2.05) is 36.4 Å². The van der Waals surface area contributed by atoms with Crippen LogP contribution in [0.4, 0.5) is 0 Å². The van der Waals surface area contributed by atoms with Crippen molar-refractivity contribution in [1.82, 2.24) is 10.3 Å². The lowest BCUT2D eigenvalue weighted by Gasteiger charge is -2.18. The van der Waals surface area contributed by atoms with Gasteiger partial charge in [0, 0.05) is 18.7 Å². The zero-order valence-corrected chi connectivity index (χ0v) is 14.9. The van der Waals surface area contributed by atoms with Gasteiger partial charge in [-0.15, -0.1) is 0 Å². The molecule has 6 heteroatoms. The van der Waals surface area contributed by atoms with E-state index in [4.69, 9.17) is 4.74 Å². The molecule has 1 N–H and O–H groups in total. The third-order valence-electron chi connectivity index (χ3n) is 4.60. The number of nitrogens with zero attached hydrogens (tertiary/aromatic N) is 2. The molecule has 0 aromatic heterocycles. The lowest BCUT2D eigenvalue weighted by atomic mass is 10.0. The van der Waals surface area contributed by atoms with Crippen LogP contribution in [0.5, 0.6) is 5.75 Å². The Morgan fingerprint density at radius 3 is 2.54 bits per heavy atom. The SMILES string of the molecule is COc1ccc2ccccc2c1/C=N/NC(=O)C(=O)N1CCCCCC1. The Morgan fingerprint density at radius 1 is 1.08 bits per heavy atom. The normalized spacial score (nSPS) is 15.0. The minimum atomic E-state index is -0.706. The minimum absolute atomic E-state index is 0.520. The third-order valence-corrected chi connectivity index (χ3v) is 4.60. The van der Waals surface area contributed by atoms with Gasteiger partial charge >= 0.3 is 11.8 Å². The number of fused-ring (bicyclic) bond motifs is 1. The molecule has 1 fully saturated rings. The van der Waals surface area contributed by atoms with Crippen molar-refractivity contribution in [3.63, 3.8) is 0 Å². The van der Waals surface area contributed by atoms with E-state index in [0.717, 1.165) is 42.0 Å². The molecule has 1 heterocycles. The molecule has 1 aliphatic rings. The highest BCUT2D eigenvalue weighted by Gasteiger charge is 2.22. The van der Waals surface area contributed by atoms with Crippen molar-refractivity contribution in [2.75, 3.05) is 20.2 Å². The molecule has 3 rings (SSSR count). The molecule has 0 bridgehead atoms. The van der Waals surface area contributed by atoms with Gasteiger partial charge in [0.1, 0.15) is 5.75 Å². The van der Waals surface area contributed by atoms with Crippen molar-refractivity contribution in [3.05, 3.63) is 42.0 Å². The lowest BCUT2D eigenvalue weighted by molar-refractivity contribution is -0.145. The molecular formula is C20H23N3O3. The number of carbonyl (C=O) groups excluding carboxylic acids is 2. The molecule has 2 aromatic carbocycles. The average Bonchev–Trinajstić information content (AvgIpc) is 2.96. The zero-order valence-electron chi connectivity index (χ0n) is 14.9. The maximum atomic E-state index is 12.2. The number of ether oxygens (including phenoxy) is 1. The van der Waals surface area contributed by atoms with E-state index in [2.05, 4.69) is 10.5 Å². The van der Waals surface area contributed by atoms with E-state index in [9.17, 15) is 9.59 Å². The van der Waals surface area contributed by atoms with Crippen molar-refractivity contribution in [2.24, 2.45) is 5.10 Å². The van der Waals surface area contributed by atoms with Gasteiger partial charge in [-0.05, 0) is 29.7 Å². The Labute approximate surface area is 152 Å². The van der Waals surface area contributed by atoms with Crippen LogP contribution in [0.1, 0.15) is 31.2 Å². The number of nitrogens with one attached hydrogen (secondary N) is 1. The summed E-state index contributed by atoms with van der Waals surface area (Å²) in [5, 5.41) is 5.99. The van der Waals surface area contributed by atoms with E-state index in [1.165, 1.54) is 6.21 Å². The summed E-state index contributed by atoms with van der Waals surface area (Å²) in [4.78, 5) is 26.0. The standard InChI is InChI=1S/C20H23N3O3/c1-26-18-11-10-15-8-4-5-9-16(15)17(18)14-21-22-19(24)20(25)23-12-6-2-3-7-13-23/h4-5,8-11,14H,2-3,6-7,12-13H2,1H3,(H,22,24)/b21-14+. The predicted molar refractivity (Wildman–Crippen MR) is 101 cm³/mol. The topological polar surface area (TPSA) is 71.0 Å². The lowest BCUT2D eigenvalue weighted by Crippen LogP contribution is -2.41. The van der Waals surface area contributed by atoms with Gasteiger partial charge in [-0.3, -0.25) is 9.59 Å². The van der Waals surface area contributed by atoms with Gasteiger partial charge < -0.3 is 9.64 Å². The van der Waals surface area contributed by atoms with Gasteiger partial charge in [0.15, 0.2) is 0 Å². The van der Waals surface area contributed by atoms with Crippen LogP contribution in [-0.2, 0) is 9.59 Å². The molecule has 0 aliphatic carbocycles. The molecule has 136 valence electrons. The minimum Gasteiger partial charge on any atom is -0.496 e. The van der Waals surface area contributed by atoms with Crippen molar-refractivity contribution in [3.8, 4) is 5.75 Å². The Bertz CT molecular complexity index is 824. The number of likely N-dealkylation sites (tertiary alicyclic amines) is 1. The molecule has 0 atom stereocenters. The van der Waals surface area contributed by atoms with Crippen LogP contribution < -0.4 is 10.2 Å². The zero-order chi connectivity index (χ0) is 18.4. The quantitative estimate of drug-likeness (QED) is 0.524. The van der Waals surface area contributed by atoms with Crippen LogP contribution in [-0.4, -0.2) is 43.1 Å². The number of hydrogen-bond acceptors (Lipinski definition) is 4. The van der Waals surface area contributed by atoms with Crippen LogP contribution in [0.3, 0.4) is 0 Å². The maximum absolute atomic E-state index is 12.2. The molecule has 0 unspecified atom stereocenters. The third kappa shape index (κ3) is 4.02. The summed E-state index contributed by atoms with van der Waals surface area (Å²) in [6.07, 6.45) is 5.61. The van der Waals surface area contributed by atoms with E-state index in [-0.39, 0.29) is 0 Å². The van der Waals surface area contributed by atoms with Gasteiger partial charge in [0.2, 0.25) is 0 Å². The number of rotatable bonds is 3. The number of amides is 2. The second kappa shape index (κ2) is 8.47. The summed E-state index contributed by atoms with van der Waals surface area (Å²) in [6, 6.07) is 11.7. The molecule has 1 saturated heterocycles.